The Kier molecular flexibility index (Phi) is 3.52. The fourth-order valence-electron chi connectivity index (χ4n) is 2.41. The van der Waals surface area contributed by atoms with Gasteiger partial charge < -0.3 is 5.32 Å². The van der Waals surface area contributed by atoms with Gasteiger partial charge in [0.1, 0.15) is 11.6 Å². The van der Waals surface area contributed by atoms with Crippen LogP contribution in [0.5, 0.6) is 0 Å². The Bertz CT molecular complexity index is 781. The number of hydrogen-bond acceptors (Lipinski definition) is 2. The normalized spacial score (nSPS) is 12.3. The van der Waals surface area contributed by atoms with E-state index in [0.29, 0.717) is 5.56 Å². The number of fused-ring (bicyclic) bond motifs is 1. The molecule has 2 aromatic carbocycles. The summed E-state index contributed by atoms with van der Waals surface area (Å²) in [5, 5.41) is 5.23. The van der Waals surface area contributed by atoms with Crippen molar-refractivity contribution >= 4 is 16.5 Å². The van der Waals surface area contributed by atoms with E-state index < -0.39 is 11.6 Å². The van der Waals surface area contributed by atoms with Gasteiger partial charge in [-0.05, 0) is 37.3 Å². The van der Waals surface area contributed by atoms with Crippen molar-refractivity contribution < 1.29 is 8.78 Å². The molecule has 0 spiro atoms. The summed E-state index contributed by atoms with van der Waals surface area (Å²) in [6, 6.07) is 10.8. The van der Waals surface area contributed by atoms with E-state index in [1.165, 1.54) is 6.07 Å². The molecule has 0 saturated heterocycles. The Morgan fingerprint density at radius 1 is 1.10 bits per heavy atom. The summed E-state index contributed by atoms with van der Waals surface area (Å²) in [4.78, 5) is 4.08. The van der Waals surface area contributed by atoms with E-state index >= 15 is 0 Å². The highest BCUT2D eigenvalue weighted by molar-refractivity contribution is 5.93. The zero-order valence-electron chi connectivity index (χ0n) is 11.5. The van der Waals surface area contributed by atoms with Crippen molar-refractivity contribution in [2.45, 2.75) is 13.0 Å². The standard InChI is InChI=1S/C17H14F2N2/c1-11(15-9-13(18)5-6-16(15)19)21-17-4-2-3-12-10-20-8-7-14(12)17/h2-11,21H,1H3. The fraction of sp³-hybridized carbons (Fsp3) is 0.118. The first kappa shape index (κ1) is 13.5. The maximum Gasteiger partial charge on any atom is 0.128 e. The SMILES string of the molecule is CC(Nc1cccc2cnccc12)c1cc(F)ccc1F. The first-order valence-corrected chi connectivity index (χ1v) is 6.69. The molecule has 0 aliphatic heterocycles. The van der Waals surface area contributed by atoms with Gasteiger partial charge in [-0.15, -0.1) is 0 Å². The topological polar surface area (TPSA) is 24.9 Å². The summed E-state index contributed by atoms with van der Waals surface area (Å²) < 4.78 is 27.1. The second kappa shape index (κ2) is 5.48. The maximum absolute atomic E-state index is 13.8. The molecule has 1 atom stereocenters. The number of nitrogens with one attached hydrogen (secondary N) is 1. The number of aromatic nitrogens is 1. The van der Waals surface area contributed by atoms with Crippen molar-refractivity contribution in [1.29, 1.82) is 0 Å². The minimum absolute atomic E-state index is 0.307. The lowest BCUT2D eigenvalue weighted by atomic mass is 10.1. The van der Waals surface area contributed by atoms with Crippen molar-refractivity contribution in [2.24, 2.45) is 0 Å². The third-order valence-electron chi connectivity index (χ3n) is 3.48. The Labute approximate surface area is 121 Å². The van der Waals surface area contributed by atoms with Gasteiger partial charge in [0.2, 0.25) is 0 Å². The van der Waals surface area contributed by atoms with Gasteiger partial charge in [-0.3, -0.25) is 4.98 Å². The molecule has 4 heteroatoms. The van der Waals surface area contributed by atoms with Crippen LogP contribution in [0.1, 0.15) is 18.5 Å². The van der Waals surface area contributed by atoms with Crippen LogP contribution in [0, 0.1) is 11.6 Å². The molecule has 0 bridgehead atoms. The van der Waals surface area contributed by atoms with Gasteiger partial charge in [0.25, 0.3) is 0 Å². The minimum atomic E-state index is -0.442. The predicted octanol–water partition coefficient (Wildman–Crippen LogP) is 4.69. The van der Waals surface area contributed by atoms with Crippen molar-refractivity contribution in [3.63, 3.8) is 0 Å². The molecule has 0 aliphatic carbocycles. The van der Waals surface area contributed by atoms with Crippen LogP contribution < -0.4 is 5.32 Å². The molecule has 0 fully saturated rings. The van der Waals surface area contributed by atoms with Crippen LogP contribution in [0.3, 0.4) is 0 Å². The van der Waals surface area contributed by atoms with Gasteiger partial charge >= 0.3 is 0 Å². The van der Waals surface area contributed by atoms with Gasteiger partial charge in [-0.2, -0.15) is 0 Å². The number of hydrogen-bond donors (Lipinski definition) is 1. The van der Waals surface area contributed by atoms with Gasteiger partial charge in [-0.1, -0.05) is 12.1 Å². The molecule has 2 nitrogen and oxygen atoms in total. The molecule has 3 rings (SSSR count). The van der Waals surface area contributed by atoms with Crippen LogP contribution in [-0.2, 0) is 0 Å². The summed E-state index contributed by atoms with van der Waals surface area (Å²) in [6.45, 7) is 1.80. The number of pyridine rings is 1. The highest BCUT2D eigenvalue weighted by Crippen LogP contribution is 2.27. The highest BCUT2D eigenvalue weighted by Gasteiger charge is 2.13. The smallest absolute Gasteiger partial charge is 0.128 e. The lowest BCUT2D eigenvalue weighted by Gasteiger charge is -2.18. The van der Waals surface area contributed by atoms with Crippen LogP contribution in [-0.4, -0.2) is 4.98 Å². The summed E-state index contributed by atoms with van der Waals surface area (Å²) in [6.07, 6.45) is 3.48. The second-order valence-electron chi connectivity index (χ2n) is 4.93. The van der Waals surface area contributed by atoms with E-state index in [1.807, 2.05) is 24.3 Å². The van der Waals surface area contributed by atoms with Crippen LogP contribution in [0.2, 0.25) is 0 Å². The molecule has 1 aromatic heterocycles. The average Bonchev–Trinajstić information content (AvgIpc) is 2.50. The number of benzene rings is 2. The summed E-state index contributed by atoms with van der Waals surface area (Å²) >= 11 is 0. The molecule has 106 valence electrons. The highest BCUT2D eigenvalue weighted by atomic mass is 19.1. The minimum Gasteiger partial charge on any atom is -0.378 e. The van der Waals surface area contributed by atoms with E-state index in [4.69, 9.17) is 0 Å². The Morgan fingerprint density at radius 2 is 1.95 bits per heavy atom. The number of halogens is 2. The molecule has 1 unspecified atom stereocenters. The van der Waals surface area contributed by atoms with Crippen molar-refractivity contribution in [1.82, 2.24) is 4.98 Å². The molecule has 3 aromatic rings. The van der Waals surface area contributed by atoms with Crippen LogP contribution in [0.15, 0.2) is 54.9 Å². The summed E-state index contributed by atoms with van der Waals surface area (Å²) in [5.74, 6) is -0.861. The molecule has 21 heavy (non-hydrogen) atoms. The fourth-order valence-corrected chi connectivity index (χ4v) is 2.41. The zero-order chi connectivity index (χ0) is 14.8. The van der Waals surface area contributed by atoms with Gasteiger partial charge in [0, 0.05) is 34.4 Å². The van der Waals surface area contributed by atoms with E-state index in [0.717, 1.165) is 28.6 Å². The first-order chi connectivity index (χ1) is 10.1. The monoisotopic (exact) mass is 284 g/mol. The first-order valence-electron chi connectivity index (χ1n) is 6.69. The summed E-state index contributed by atoms with van der Waals surface area (Å²) in [5.41, 5.74) is 1.17. The molecule has 0 amide bonds. The van der Waals surface area contributed by atoms with Gasteiger partial charge in [-0.25, -0.2) is 8.78 Å². The molecular formula is C17H14F2N2. The van der Waals surface area contributed by atoms with E-state index in [2.05, 4.69) is 10.3 Å². The molecular weight excluding hydrogens is 270 g/mol. The Hall–Kier alpha value is -2.49. The lowest BCUT2D eigenvalue weighted by molar-refractivity contribution is 0.577. The predicted molar refractivity (Wildman–Crippen MR) is 80.1 cm³/mol. The largest absolute Gasteiger partial charge is 0.378 e. The molecule has 0 radical (unpaired) electrons. The molecule has 1 N–H and O–H groups in total. The Morgan fingerprint density at radius 3 is 2.81 bits per heavy atom. The van der Waals surface area contributed by atoms with E-state index in [-0.39, 0.29) is 6.04 Å². The van der Waals surface area contributed by atoms with E-state index in [1.54, 1.807) is 19.3 Å². The third kappa shape index (κ3) is 2.70. The third-order valence-corrected chi connectivity index (χ3v) is 3.48. The lowest BCUT2D eigenvalue weighted by Crippen LogP contribution is -2.09. The molecule has 1 heterocycles. The van der Waals surface area contributed by atoms with Gasteiger partial charge in [0.05, 0.1) is 6.04 Å². The quantitative estimate of drug-likeness (QED) is 0.755. The van der Waals surface area contributed by atoms with Gasteiger partial charge in [0.15, 0.2) is 0 Å². The molecule has 0 aliphatic rings. The molecule has 0 saturated carbocycles. The van der Waals surface area contributed by atoms with Crippen molar-refractivity contribution in [2.75, 3.05) is 5.32 Å². The second-order valence-corrected chi connectivity index (χ2v) is 4.93. The van der Waals surface area contributed by atoms with Crippen LogP contribution >= 0.6 is 0 Å². The van der Waals surface area contributed by atoms with Crippen molar-refractivity contribution in [3.8, 4) is 0 Å². The zero-order valence-corrected chi connectivity index (χ0v) is 11.5. The van der Waals surface area contributed by atoms with E-state index in [9.17, 15) is 8.78 Å². The number of rotatable bonds is 3. The Balaban J connectivity index is 1.96. The number of anilines is 1. The van der Waals surface area contributed by atoms with Crippen LogP contribution in [0.4, 0.5) is 14.5 Å². The summed E-state index contributed by atoms with van der Waals surface area (Å²) in [7, 11) is 0. The van der Waals surface area contributed by atoms with Crippen LogP contribution in [0.25, 0.3) is 10.8 Å². The number of nitrogens with zero attached hydrogens (tertiary/aromatic N) is 1. The van der Waals surface area contributed by atoms with Crippen molar-refractivity contribution in [3.05, 3.63) is 72.1 Å². The average molecular weight is 284 g/mol. The maximum atomic E-state index is 13.8.